The van der Waals surface area contributed by atoms with Gasteiger partial charge in [0.2, 0.25) is 15.8 Å². The minimum absolute atomic E-state index is 0.246. The lowest BCUT2D eigenvalue weighted by Crippen LogP contribution is -2.64. The Morgan fingerprint density at radius 1 is 1.12 bits per heavy atom. The van der Waals surface area contributed by atoms with E-state index in [2.05, 4.69) is 20.5 Å². The Hall–Kier alpha value is -0.590. The van der Waals surface area contributed by atoms with Crippen LogP contribution in [0.3, 0.4) is 0 Å². The molecule has 90 valence electrons. The average Bonchev–Trinajstić information content (AvgIpc) is 2.81. The molecule has 0 radical (unpaired) electrons. The van der Waals surface area contributed by atoms with Crippen molar-refractivity contribution < 1.29 is 9.53 Å². The van der Waals surface area contributed by atoms with Crippen molar-refractivity contribution in [2.24, 2.45) is 32.3 Å². The van der Waals surface area contributed by atoms with Crippen molar-refractivity contribution in [3.8, 4) is 0 Å². The number of azo groups is 2. The topological polar surface area (TPSA) is 79.0 Å². The average molecular weight is 275 g/mol. The predicted octanol–water partition coefficient (Wildman–Crippen LogP) is 1.37. The lowest BCUT2D eigenvalue weighted by Gasteiger charge is -2.43. The molecule has 0 aromatic rings. The Bertz CT molecular complexity index is 453. The molecule has 0 N–H and O–H groups in total. The van der Waals surface area contributed by atoms with Crippen molar-refractivity contribution in [2.45, 2.75) is 15.6 Å². The van der Waals surface area contributed by atoms with E-state index in [4.69, 9.17) is 27.9 Å². The first kappa shape index (κ1) is 10.3. The van der Waals surface area contributed by atoms with E-state index in [1.54, 1.807) is 0 Å². The van der Waals surface area contributed by atoms with Gasteiger partial charge in [0.05, 0.1) is 31.5 Å². The Labute approximate surface area is 106 Å². The van der Waals surface area contributed by atoms with Crippen LogP contribution >= 0.6 is 23.2 Å². The molecule has 1 unspecified atom stereocenters. The van der Waals surface area contributed by atoms with E-state index in [1.807, 2.05) is 0 Å². The molecule has 4 rings (SSSR count). The fourth-order valence-corrected chi connectivity index (χ4v) is 4.12. The van der Waals surface area contributed by atoms with Gasteiger partial charge in [-0.25, -0.2) is 0 Å². The van der Waals surface area contributed by atoms with Gasteiger partial charge in [-0.3, -0.25) is 4.79 Å². The molecule has 0 aromatic carbocycles. The zero-order chi connectivity index (χ0) is 11.9. The van der Waals surface area contributed by atoms with Crippen molar-refractivity contribution >= 4 is 29.0 Å². The number of carbonyl (C=O) groups excluding carboxylic acids is 1. The van der Waals surface area contributed by atoms with E-state index in [1.165, 1.54) is 0 Å². The number of halogens is 2. The molecular weight excluding hydrogens is 267 g/mol. The number of Topliss-reactive ketones (excluding diaryl/α,β-unsaturated/α-hetero) is 1. The Morgan fingerprint density at radius 3 is 2.00 bits per heavy atom. The zero-order valence-electron chi connectivity index (χ0n) is 8.64. The number of rotatable bonds is 0. The van der Waals surface area contributed by atoms with Crippen molar-refractivity contribution in [1.29, 1.82) is 0 Å². The van der Waals surface area contributed by atoms with Crippen LogP contribution in [0.1, 0.15) is 0 Å². The molecule has 1 aliphatic carbocycles. The van der Waals surface area contributed by atoms with Gasteiger partial charge in [0.1, 0.15) is 5.60 Å². The van der Waals surface area contributed by atoms with Crippen LogP contribution in [0.25, 0.3) is 0 Å². The van der Waals surface area contributed by atoms with Crippen LogP contribution in [-0.2, 0) is 9.53 Å². The smallest absolute Gasteiger partial charge is 0.223 e. The zero-order valence-corrected chi connectivity index (χ0v) is 10.1. The molecule has 0 bridgehead atoms. The molecule has 17 heavy (non-hydrogen) atoms. The maximum absolute atomic E-state index is 12.4. The van der Waals surface area contributed by atoms with E-state index in [0.717, 1.165) is 0 Å². The maximum atomic E-state index is 12.4. The van der Waals surface area contributed by atoms with Crippen molar-refractivity contribution in [2.75, 3.05) is 19.7 Å². The number of hydrogen-bond donors (Lipinski definition) is 0. The van der Waals surface area contributed by atoms with Crippen LogP contribution in [0.4, 0.5) is 0 Å². The van der Waals surface area contributed by atoms with Gasteiger partial charge in [0.15, 0.2) is 0 Å². The standard InChI is InChI=1S/C9H8Cl2N4O2/c10-8-4(1-12-14-8)7(3-17-7)5-2-13-15-9(5,11)6(8)16/h4-5H,1-3H2/t4-,5-,7?,8-,9+/m1/s1. The quantitative estimate of drug-likeness (QED) is 0.380. The van der Waals surface area contributed by atoms with Gasteiger partial charge in [0, 0.05) is 0 Å². The third-order valence-electron chi connectivity index (χ3n) is 4.18. The first-order chi connectivity index (χ1) is 8.04. The van der Waals surface area contributed by atoms with Crippen LogP contribution in [0.5, 0.6) is 0 Å². The number of ether oxygens (including phenoxy) is 1. The molecule has 3 heterocycles. The molecule has 5 atom stereocenters. The lowest BCUT2D eigenvalue weighted by molar-refractivity contribution is -0.131. The normalized spacial score (nSPS) is 58.6. The summed E-state index contributed by atoms with van der Waals surface area (Å²) in [6, 6.07) is 0. The summed E-state index contributed by atoms with van der Waals surface area (Å²) in [4.78, 5) is 9.58. The predicted molar refractivity (Wildman–Crippen MR) is 57.3 cm³/mol. The summed E-state index contributed by atoms with van der Waals surface area (Å²) in [5.41, 5.74) is -0.523. The molecular formula is C9H8Cl2N4O2. The van der Waals surface area contributed by atoms with Gasteiger partial charge < -0.3 is 4.74 Å². The number of alkyl halides is 2. The summed E-state index contributed by atoms with van der Waals surface area (Å²) in [5.74, 6) is -0.902. The van der Waals surface area contributed by atoms with Crippen LogP contribution in [0.2, 0.25) is 0 Å². The first-order valence-electron chi connectivity index (χ1n) is 5.38. The second kappa shape index (κ2) is 2.70. The van der Waals surface area contributed by atoms with Crippen molar-refractivity contribution in [3.05, 3.63) is 0 Å². The summed E-state index contributed by atoms with van der Waals surface area (Å²) in [6.07, 6.45) is 0. The third-order valence-corrected chi connectivity index (χ3v) is 5.20. The highest BCUT2D eigenvalue weighted by atomic mass is 35.5. The molecule has 0 aromatic heterocycles. The van der Waals surface area contributed by atoms with Crippen LogP contribution in [-0.4, -0.2) is 41.1 Å². The minimum Gasteiger partial charge on any atom is -0.369 e. The van der Waals surface area contributed by atoms with Crippen molar-refractivity contribution in [3.63, 3.8) is 0 Å². The van der Waals surface area contributed by atoms with E-state index >= 15 is 0 Å². The SMILES string of the molecule is O=C1[C@]2(Cl)N=NC[C@@H]2C2(CO2)[C@H]2CN=N[C@]12Cl. The molecule has 4 aliphatic rings. The summed E-state index contributed by atoms with van der Waals surface area (Å²) < 4.78 is 5.58. The molecule has 3 aliphatic heterocycles. The monoisotopic (exact) mass is 274 g/mol. The largest absolute Gasteiger partial charge is 0.369 e. The van der Waals surface area contributed by atoms with E-state index in [0.29, 0.717) is 19.7 Å². The second-order valence-electron chi connectivity index (χ2n) is 4.87. The van der Waals surface area contributed by atoms with Crippen molar-refractivity contribution in [1.82, 2.24) is 0 Å². The highest BCUT2D eigenvalue weighted by molar-refractivity contribution is 6.46. The summed E-state index contributed by atoms with van der Waals surface area (Å²) in [6.45, 7) is 1.33. The number of hydrogen-bond acceptors (Lipinski definition) is 6. The van der Waals surface area contributed by atoms with Gasteiger partial charge in [-0.2, -0.15) is 20.5 Å². The third kappa shape index (κ3) is 0.936. The highest BCUT2D eigenvalue weighted by Gasteiger charge is 2.79. The molecule has 1 saturated carbocycles. The number of carbonyl (C=O) groups is 1. The summed E-state index contributed by atoms with van der Waals surface area (Å²) in [7, 11) is 0. The van der Waals surface area contributed by atoms with Gasteiger partial charge >= 0.3 is 0 Å². The number of ketones is 1. The second-order valence-corrected chi connectivity index (χ2v) is 6.03. The fourth-order valence-electron chi connectivity index (χ4n) is 3.17. The molecule has 8 heteroatoms. The van der Waals surface area contributed by atoms with E-state index < -0.39 is 21.4 Å². The Morgan fingerprint density at radius 2 is 1.59 bits per heavy atom. The Balaban J connectivity index is 1.92. The summed E-state index contributed by atoms with van der Waals surface area (Å²) in [5, 5.41) is 15.6. The number of nitrogens with zero attached hydrogens (tertiary/aromatic N) is 4. The van der Waals surface area contributed by atoms with Gasteiger partial charge in [-0.1, -0.05) is 23.2 Å². The Kier molecular flexibility index (Phi) is 1.64. The van der Waals surface area contributed by atoms with Gasteiger partial charge in [-0.15, -0.1) is 0 Å². The van der Waals surface area contributed by atoms with Crippen LogP contribution in [0.15, 0.2) is 20.5 Å². The lowest BCUT2D eigenvalue weighted by atomic mass is 9.66. The van der Waals surface area contributed by atoms with E-state index in [9.17, 15) is 4.79 Å². The molecule has 1 saturated heterocycles. The van der Waals surface area contributed by atoms with E-state index in [-0.39, 0.29) is 11.8 Å². The highest BCUT2D eigenvalue weighted by Crippen LogP contribution is 2.63. The molecule has 1 spiro atoms. The van der Waals surface area contributed by atoms with Gasteiger partial charge in [0.25, 0.3) is 0 Å². The maximum Gasteiger partial charge on any atom is 0.223 e. The van der Waals surface area contributed by atoms with Crippen LogP contribution < -0.4 is 0 Å². The van der Waals surface area contributed by atoms with Crippen LogP contribution in [0, 0.1) is 11.8 Å². The minimum atomic E-state index is -1.42. The fraction of sp³-hybridized carbons (Fsp3) is 0.889. The number of epoxide rings is 1. The molecule has 6 nitrogen and oxygen atoms in total. The van der Waals surface area contributed by atoms with Gasteiger partial charge in [-0.05, 0) is 0 Å². The molecule has 2 fully saturated rings. The number of fused-ring (bicyclic) bond motifs is 4. The molecule has 0 amide bonds. The summed E-state index contributed by atoms with van der Waals surface area (Å²) >= 11 is 12.7. The first-order valence-corrected chi connectivity index (χ1v) is 6.14.